The van der Waals surface area contributed by atoms with E-state index in [4.69, 9.17) is 4.74 Å². The molecule has 0 fully saturated rings. The highest BCUT2D eigenvalue weighted by atomic mass is 79.9. The molecule has 0 radical (unpaired) electrons. The lowest BCUT2D eigenvalue weighted by atomic mass is 9.95. The van der Waals surface area contributed by atoms with Crippen LogP contribution in [0.25, 0.3) is 6.08 Å². The number of fused-ring (bicyclic) bond motifs is 1. The van der Waals surface area contributed by atoms with Crippen LogP contribution in [0.3, 0.4) is 0 Å². The first-order chi connectivity index (χ1) is 17.9. The summed E-state index contributed by atoms with van der Waals surface area (Å²) in [5, 5.41) is 13.3. The number of allylic oxidation sites excluding steroid dienone is 1. The van der Waals surface area contributed by atoms with Crippen molar-refractivity contribution in [1.82, 2.24) is 4.57 Å². The molecule has 2 N–H and O–H groups in total. The fraction of sp³-hybridized carbons (Fsp3) is 0.107. The largest absolute Gasteiger partial charge is 0.507 e. The van der Waals surface area contributed by atoms with Gasteiger partial charge in [0, 0.05) is 15.7 Å². The van der Waals surface area contributed by atoms with E-state index in [0.717, 1.165) is 4.47 Å². The highest BCUT2D eigenvalue weighted by molar-refractivity contribution is 9.10. The zero-order valence-electron chi connectivity index (χ0n) is 19.9. The summed E-state index contributed by atoms with van der Waals surface area (Å²) < 4.78 is 8.12. The van der Waals surface area contributed by atoms with Crippen molar-refractivity contribution in [2.24, 2.45) is 4.99 Å². The lowest BCUT2D eigenvalue weighted by Crippen LogP contribution is -2.40. The Bertz CT molecular complexity index is 1720. The van der Waals surface area contributed by atoms with Crippen molar-refractivity contribution in [3.05, 3.63) is 119 Å². The van der Waals surface area contributed by atoms with Gasteiger partial charge in [-0.2, -0.15) is 0 Å². The molecule has 3 aromatic carbocycles. The molecule has 0 spiro atoms. The second kappa shape index (κ2) is 10.2. The molecule has 0 aliphatic carbocycles. The Morgan fingerprint density at radius 1 is 1.14 bits per heavy atom. The van der Waals surface area contributed by atoms with Crippen LogP contribution in [-0.4, -0.2) is 22.7 Å². The third kappa shape index (κ3) is 4.87. The van der Waals surface area contributed by atoms with Crippen molar-refractivity contribution < 1.29 is 14.6 Å². The number of nitrogens with one attached hydrogen (secondary N) is 1. The average Bonchev–Trinajstić information content (AvgIpc) is 3.20. The Morgan fingerprint density at radius 3 is 2.68 bits per heavy atom. The van der Waals surface area contributed by atoms with Gasteiger partial charge in [0.25, 0.3) is 11.5 Å². The summed E-state index contributed by atoms with van der Waals surface area (Å²) in [6.45, 7) is 1.77. The number of nitrogens with zero attached hydrogens (tertiary/aromatic N) is 2. The molecule has 0 bridgehead atoms. The SMILES string of the molecule is COc1cccc(C2C(C(=O)Nc3ccccc3)=C(C)N=c3s/c(=C\c4cc(Br)ccc4O)c(=O)n32)c1. The van der Waals surface area contributed by atoms with E-state index in [1.54, 1.807) is 50.4 Å². The quantitative estimate of drug-likeness (QED) is 0.370. The molecule has 5 rings (SSSR count). The predicted molar refractivity (Wildman–Crippen MR) is 148 cm³/mol. The summed E-state index contributed by atoms with van der Waals surface area (Å²) in [6, 6.07) is 20.7. The highest BCUT2D eigenvalue weighted by Crippen LogP contribution is 2.32. The zero-order valence-corrected chi connectivity index (χ0v) is 22.3. The van der Waals surface area contributed by atoms with Gasteiger partial charge in [-0.25, -0.2) is 4.99 Å². The smallest absolute Gasteiger partial charge is 0.271 e. The van der Waals surface area contributed by atoms with Gasteiger partial charge in [0.2, 0.25) is 0 Å². The predicted octanol–water partition coefficient (Wildman–Crippen LogP) is 4.35. The van der Waals surface area contributed by atoms with Gasteiger partial charge in [-0.1, -0.05) is 57.6 Å². The average molecular weight is 576 g/mol. The maximum Gasteiger partial charge on any atom is 0.271 e. The summed E-state index contributed by atoms with van der Waals surface area (Å²) >= 11 is 4.61. The van der Waals surface area contributed by atoms with E-state index >= 15 is 0 Å². The van der Waals surface area contributed by atoms with E-state index in [1.165, 1.54) is 15.9 Å². The van der Waals surface area contributed by atoms with Crippen molar-refractivity contribution in [2.45, 2.75) is 13.0 Å². The Hall–Kier alpha value is -3.95. The van der Waals surface area contributed by atoms with Crippen molar-refractivity contribution in [1.29, 1.82) is 0 Å². The van der Waals surface area contributed by atoms with Crippen LogP contribution in [-0.2, 0) is 4.79 Å². The van der Waals surface area contributed by atoms with Gasteiger partial charge >= 0.3 is 0 Å². The molecule has 0 saturated carbocycles. The molecule has 0 saturated heterocycles. The number of phenolic OH excluding ortho intramolecular Hbond substituents is 1. The molecule has 186 valence electrons. The van der Waals surface area contributed by atoms with Gasteiger partial charge in [0.1, 0.15) is 11.5 Å². The fourth-order valence-corrected chi connectivity index (χ4v) is 5.66. The van der Waals surface area contributed by atoms with E-state index in [1.807, 2.05) is 42.5 Å². The highest BCUT2D eigenvalue weighted by Gasteiger charge is 2.32. The van der Waals surface area contributed by atoms with Crippen LogP contribution in [0.1, 0.15) is 24.1 Å². The minimum atomic E-state index is -0.728. The number of hydrogen-bond acceptors (Lipinski definition) is 6. The van der Waals surface area contributed by atoms with Crippen molar-refractivity contribution in [3.8, 4) is 11.5 Å². The fourth-order valence-electron chi connectivity index (χ4n) is 4.24. The molecule has 37 heavy (non-hydrogen) atoms. The molecule has 1 amide bonds. The summed E-state index contributed by atoms with van der Waals surface area (Å²) in [5.41, 5.74) is 2.41. The normalized spacial score (nSPS) is 15.2. The maximum absolute atomic E-state index is 13.8. The second-order valence-corrected chi connectivity index (χ2v) is 10.3. The molecular formula is C28H22BrN3O4S. The summed E-state index contributed by atoms with van der Waals surface area (Å²) in [4.78, 5) is 32.5. The number of amides is 1. The maximum atomic E-state index is 13.8. The number of benzene rings is 3. The number of phenols is 1. The van der Waals surface area contributed by atoms with Gasteiger partial charge in [-0.3, -0.25) is 14.2 Å². The number of para-hydroxylation sites is 1. The Kier molecular flexibility index (Phi) is 6.82. The first-order valence-electron chi connectivity index (χ1n) is 11.4. The van der Waals surface area contributed by atoms with Gasteiger partial charge in [-0.05, 0) is 61.0 Å². The van der Waals surface area contributed by atoms with Crippen LogP contribution >= 0.6 is 27.3 Å². The van der Waals surface area contributed by atoms with Gasteiger partial charge in [-0.15, -0.1) is 0 Å². The van der Waals surface area contributed by atoms with Crippen molar-refractivity contribution >= 4 is 44.9 Å². The van der Waals surface area contributed by atoms with Crippen LogP contribution in [0.5, 0.6) is 11.5 Å². The number of aromatic nitrogens is 1. The van der Waals surface area contributed by atoms with E-state index in [2.05, 4.69) is 26.2 Å². The number of halogens is 1. The van der Waals surface area contributed by atoms with Crippen LogP contribution < -0.4 is 24.9 Å². The molecule has 4 aromatic rings. The molecule has 1 aliphatic rings. The first kappa shape index (κ1) is 24.7. The van der Waals surface area contributed by atoms with Crippen LogP contribution in [0.4, 0.5) is 5.69 Å². The van der Waals surface area contributed by atoms with Gasteiger partial charge < -0.3 is 15.2 Å². The Morgan fingerprint density at radius 2 is 1.92 bits per heavy atom. The second-order valence-electron chi connectivity index (χ2n) is 8.38. The first-order valence-corrected chi connectivity index (χ1v) is 13.0. The van der Waals surface area contributed by atoms with E-state index in [9.17, 15) is 14.7 Å². The number of aromatic hydroxyl groups is 1. The van der Waals surface area contributed by atoms with E-state index in [0.29, 0.717) is 43.2 Å². The molecule has 1 atom stereocenters. The number of carbonyl (C=O) groups excluding carboxylic acids is 1. The van der Waals surface area contributed by atoms with E-state index in [-0.39, 0.29) is 17.2 Å². The lowest BCUT2D eigenvalue weighted by molar-refractivity contribution is -0.113. The summed E-state index contributed by atoms with van der Waals surface area (Å²) in [6.07, 6.45) is 1.63. The van der Waals surface area contributed by atoms with Crippen LogP contribution in [0.15, 0.2) is 98.3 Å². The molecule has 2 heterocycles. The summed E-state index contributed by atoms with van der Waals surface area (Å²) in [7, 11) is 1.57. The lowest BCUT2D eigenvalue weighted by Gasteiger charge is -2.25. The number of rotatable bonds is 5. The number of hydrogen-bond donors (Lipinski definition) is 2. The van der Waals surface area contributed by atoms with Crippen molar-refractivity contribution in [3.63, 3.8) is 0 Å². The molecule has 9 heteroatoms. The topological polar surface area (TPSA) is 92.9 Å². The van der Waals surface area contributed by atoms with E-state index < -0.39 is 6.04 Å². The molecule has 7 nitrogen and oxygen atoms in total. The van der Waals surface area contributed by atoms with Crippen LogP contribution in [0.2, 0.25) is 0 Å². The third-order valence-corrected chi connectivity index (χ3v) is 7.46. The molecule has 1 unspecified atom stereocenters. The minimum absolute atomic E-state index is 0.0532. The molecule has 1 aromatic heterocycles. The Labute approximate surface area is 224 Å². The number of ether oxygens (including phenoxy) is 1. The monoisotopic (exact) mass is 575 g/mol. The third-order valence-electron chi connectivity index (χ3n) is 5.98. The van der Waals surface area contributed by atoms with Crippen molar-refractivity contribution in [2.75, 3.05) is 12.4 Å². The molecule has 1 aliphatic heterocycles. The number of anilines is 1. The zero-order chi connectivity index (χ0) is 26.1. The summed E-state index contributed by atoms with van der Waals surface area (Å²) in [5.74, 6) is 0.313. The number of carbonyl (C=O) groups is 1. The van der Waals surface area contributed by atoms with Gasteiger partial charge in [0.15, 0.2) is 4.80 Å². The Balaban J connectivity index is 1.71. The standard InChI is InChI=1S/C28H22BrN3O4S/c1-16-24(26(34)31-20-8-4-3-5-9-20)25(17-7-6-10-21(14-17)36-2)32-27(35)23(37-28(32)30-16)15-18-13-19(29)11-12-22(18)33/h3-15,25,33H,1-2H3,(H,31,34)/b23-15-. The van der Waals surface area contributed by atoms with Crippen LogP contribution in [0, 0.1) is 0 Å². The molecular weight excluding hydrogens is 554 g/mol. The van der Waals surface area contributed by atoms with Gasteiger partial charge in [0.05, 0.1) is 29.0 Å². The minimum Gasteiger partial charge on any atom is -0.507 e. The number of thiazole rings is 1. The number of methoxy groups -OCH3 is 1.